The molecule has 0 aliphatic carbocycles. The number of carbonyl (C=O) groups is 2. The second-order valence-electron chi connectivity index (χ2n) is 5.41. The summed E-state index contributed by atoms with van der Waals surface area (Å²) in [6.45, 7) is 4.87. The van der Waals surface area contributed by atoms with Gasteiger partial charge in [0.25, 0.3) is 0 Å². The quantitative estimate of drug-likeness (QED) is 0.713. The lowest BCUT2D eigenvalue weighted by atomic mass is 10.1. The molecule has 1 fully saturated rings. The van der Waals surface area contributed by atoms with Crippen molar-refractivity contribution < 1.29 is 9.59 Å². The van der Waals surface area contributed by atoms with Crippen molar-refractivity contribution >= 4 is 11.8 Å². The Balaban J connectivity index is 1.69. The summed E-state index contributed by atoms with van der Waals surface area (Å²) >= 11 is 0. The molecular formula is C16H24N4O2. The minimum Gasteiger partial charge on any atom is -0.356 e. The van der Waals surface area contributed by atoms with Crippen LogP contribution in [0.25, 0.3) is 0 Å². The van der Waals surface area contributed by atoms with E-state index in [1.54, 1.807) is 6.20 Å². The van der Waals surface area contributed by atoms with Crippen LogP contribution in [0.5, 0.6) is 0 Å². The lowest BCUT2D eigenvalue weighted by molar-refractivity contribution is -0.133. The second kappa shape index (κ2) is 8.48. The van der Waals surface area contributed by atoms with Crippen molar-refractivity contribution in [1.82, 2.24) is 20.5 Å². The van der Waals surface area contributed by atoms with Gasteiger partial charge in [0.05, 0.1) is 12.5 Å². The van der Waals surface area contributed by atoms with Crippen LogP contribution in [-0.2, 0) is 16.0 Å². The van der Waals surface area contributed by atoms with Crippen LogP contribution in [0.15, 0.2) is 24.4 Å². The summed E-state index contributed by atoms with van der Waals surface area (Å²) in [7, 11) is 0. The first kappa shape index (κ1) is 16.4. The number of piperazine rings is 1. The van der Waals surface area contributed by atoms with Gasteiger partial charge in [-0.05, 0) is 31.5 Å². The summed E-state index contributed by atoms with van der Waals surface area (Å²) in [4.78, 5) is 30.2. The van der Waals surface area contributed by atoms with E-state index in [-0.39, 0.29) is 24.3 Å². The molecule has 0 bridgehead atoms. The molecule has 2 heterocycles. The number of pyridine rings is 1. The third kappa shape index (κ3) is 4.80. The molecule has 2 rings (SSSR count). The maximum absolute atomic E-state index is 12.0. The number of aromatic nitrogens is 1. The van der Waals surface area contributed by atoms with Gasteiger partial charge in [-0.3, -0.25) is 19.5 Å². The predicted octanol–water partition coefficient (Wildman–Crippen LogP) is 0.341. The molecule has 0 aromatic carbocycles. The number of rotatable bonds is 7. The summed E-state index contributed by atoms with van der Waals surface area (Å²) in [5.41, 5.74) is 1.03. The smallest absolute Gasteiger partial charge is 0.237 e. The predicted molar refractivity (Wildman–Crippen MR) is 84.2 cm³/mol. The molecule has 1 saturated heterocycles. The first-order chi connectivity index (χ1) is 10.7. The van der Waals surface area contributed by atoms with Crippen molar-refractivity contribution in [1.29, 1.82) is 0 Å². The normalized spacial score (nSPS) is 18.8. The van der Waals surface area contributed by atoms with E-state index in [1.165, 1.54) is 0 Å². The van der Waals surface area contributed by atoms with E-state index < -0.39 is 0 Å². The van der Waals surface area contributed by atoms with Gasteiger partial charge >= 0.3 is 0 Å². The molecule has 2 amide bonds. The van der Waals surface area contributed by atoms with E-state index in [1.807, 2.05) is 30.0 Å². The number of hydrogen-bond acceptors (Lipinski definition) is 4. The molecule has 6 heteroatoms. The van der Waals surface area contributed by atoms with Crippen molar-refractivity contribution in [3.63, 3.8) is 0 Å². The van der Waals surface area contributed by atoms with Crippen LogP contribution in [0.3, 0.4) is 0 Å². The number of likely N-dealkylation sites (N-methyl/N-ethyl adjacent to an activating group) is 1. The number of carbonyl (C=O) groups excluding carboxylic acids is 2. The third-order valence-electron chi connectivity index (χ3n) is 3.88. The summed E-state index contributed by atoms with van der Waals surface area (Å²) < 4.78 is 0. The highest BCUT2D eigenvalue weighted by Crippen LogP contribution is 2.08. The minimum atomic E-state index is -0.338. The summed E-state index contributed by atoms with van der Waals surface area (Å²) in [5.74, 6) is -0.113. The zero-order valence-corrected chi connectivity index (χ0v) is 13.0. The van der Waals surface area contributed by atoms with Crippen LogP contribution in [0.2, 0.25) is 0 Å². The molecule has 1 unspecified atom stereocenters. The maximum atomic E-state index is 12.0. The van der Waals surface area contributed by atoms with Gasteiger partial charge in [0, 0.05) is 31.5 Å². The van der Waals surface area contributed by atoms with E-state index in [9.17, 15) is 9.59 Å². The maximum Gasteiger partial charge on any atom is 0.237 e. The summed E-state index contributed by atoms with van der Waals surface area (Å²) in [5, 5.41) is 5.71. The molecule has 0 spiro atoms. The molecule has 0 radical (unpaired) electrons. The molecule has 0 saturated carbocycles. The summed E-state index contributed by atoms with van der Waals surface area (Å²) in [6.07, 6.45) is 3.68. The zero-order chi connectivity index (χ0) is 15.8. The van der Waals surface area contributed by atoms with Crippen molar-refractivity contribution in [3.05, 3.63) is 30.1 Å². The average molecular weight is 304 g/mol. The Bertz CT molecular complexity index is 492. The minimum absolute atomic E-state index is 0.0447. The Kier molecular flexibility index (Phi) is 6.33. The van der Waals surface area contributed by atoms with Gasteiger partial charge in [-0.2, -0.15) is 0 Å². The zero-order valence-electron chi connectivity index (χ0n) is 13.0. The van der Waals surface area contributed by atoms with Gasteiger partial charge in [0.1, 0.15) is 0 Å². The SMILES string of the molecule is CCN1CCNC(=O)C1CC(=O)NCCCc1ccccn1. The molecule has 120 valence electrons. The number of nitrogens with zero attached hydrogens (tertiary/aromatic N) is 2. The molecule has 1 aliphatic rings. The number of amides is 2. The third-order valence-corrected chi connectivity index (χ3v) is 3.88. The lowest BCUT2D eigenvalue weighted by Gasteiger charge is -2.33. The molecule has 1 aromatic heterocycles. The Morgan fingerprint density at radius 2 is 2.36 bits per heavy atom. The van der Waals surface area contributed by atoms with Crippen molar-refractivity contribution in [2.45, 2.75) is 32.2 Å². The first-order valence-corrected chi connectivity index (χ1v) is 7.89. The fourth-order valence-corrected chi connectivity index (χ4v) is 2.65. The lowest BCUT2D eigenvalue weighted by Crippen LogP contribution is -2.56. The Labute approximate surface area is 131 Å². The Morgan fingerprint density at radius 3 is 3.09 bits per heavy atom. The van der Waals surface area contributed by atoms with Gasteiger partial charge in [0.2, 0.25) is 11.8 Å². The van der Waals surface area contributed by atoms with E-state index in [2.05, 4.69) is 15.6 Å². The number of hydrogen-bond donors (Lipinski definition) is 2. The fraction of sp³-hybridized carbons (Fsp3) is 0.562. The van der Waals surface area contributed by atoms with Gasteiger partial charge in [0.15, 0.2) is 0 Å². The van der Waals surface area contributed by atoms with E-state index >= 15 is 0 Å². The highest BCUT2D eigenvalue weighted by Gasteiger charge is 2.30. The van der Waals surface area contributed by atoms with Gasteiger partial charge in [-0.15, -0.1) is 0 Å². The number of nitrogens with one attached hydrogen (secondary N) is 2. The van der Waals surface area contributed by atoms with Crippen LogP contribution in [0, 0.1) is 0 Å². The topological polar surface area (TPSA) is 74.3 Å². The van der Waals surface area contributed by atoms with Gasteiger partial charge < -0.3 is 10.6 Å². The van der Waals surface area contributed by atoms with Crippen LogP contribution in [0.4, 0.5) is 0 Å². The molecule has 2 N–H and O–H groups in total. The molecule has 6 nitrogen and oxygen atoms in total. The van der Waals surface area contributed by atoms with Crippen LogP contribution in [-0.4, -0.2) is 53.9 Å². The van der Waals surface area contributed by atoms with Crippen molar-refractivity contribution in [2.75, 3.05) is 26.2 Å². The largest absolute Gasteiger partial charge is 0.356 e. The fourth-order valence-electron chi connectivity index (χ4n) is 2.65. The monoisotopic (exact) mass is 304 g/mol. The first-order valence-electron chi connectivity index (χ1n) is 7.89. The average Bonchev–Trinajstić information content (AvgIpc) is 2.54. The van der Waals surface area contributed by atoms with E-state index in [0.717, 1.165) is 31.6 Å². The molecule has 22 heavy (non-hydrogen) atoms. The molecular weight excluding hydrogens is 280 g/mol. The highest BCUT2D eigenvalue weighted by atomic mass is 16.2. The van der Waals surface area contributed by atoms with E-state index in [4.69, 9.17) is 0 Å². The van der Waals surface area contributed by atoms with Gasteiger partial charge in [-0.25, -0.2) is 0 Å². The van der Waals surface area contributed by atoms with E-state index in [0.29, 0.717) is 13.1 Å². The standard InChI is InChI=1S/C16H24N4O2/c1-2-20-11-10-19-16(22)14(20)12-15(21)18-9-5-7-13-6-3-4-8-17-13/h3-4,6,8,14H,2,5,7,9-12H2,1H3,(H,18,21)(H,19,22). The van der Waals surface area contributed by atoms with Crippen molar-refractivity contribution in [2.24, 2.45) is 0 Å². The Hall–Kier alpha value is -1.95. The second-order valence-corrected chi connectivity index (χ2v) is 5.41. The summed E-state index contributed by atoms with van der Waals surface area (Å²) in [6, 6.07) is 5.49. The molecule has 1 aromatic rings. The number of aryl methyl sites for hydroxylation is 1. The van der Waals surface area contributed by atoms with Crippen LogP contribution >= 0.6 is 0 Å². The van der Waals surface area contributed by atoms with Crippen molar-refractivity contribution in [3.8, 4) is 0 Å². The van der Waals surface area contributed by atoms with Crippen LogP contribution < -0.4 is 10.6 Å². The van der Waals surface area contributed by atoms with Gasteiger partial charge in [-0.1, -0.05) is 13.0 Å². The van der Waals surface area contributed by atoms with Crippen LogP contribution in [0.1, 0.15) is 25.5 Å². The Morgan fingerprint density at radius 1 is 1.50 bits per heavy atom. The highest BCUT2D eigenvalue weighted by molar-refractivity contribution is 5.88. The molecule has 1 atom stereocenters. The molecule has 1 aliphatic heterocycles.